The van der Waals surface area contributed by atoms with Crippen molar-refractivity contribution in [2.24, 2.45) is 0 Å². The van der Waals surface area contributed by atoms with Gasteiger partial charge in [-0.15, -0.1) is 0 Å². The Morgan fingerprint density at radius 1 is 0.920 bits per heavy atom. The number of ketones is 1. The molecule has 3 aromatic carbocycles. The Labute approximate surface area is 152 Å². The number of hydrogen-bond donors (Lipinski definition) is 0. The van der Waals surface area contributed by atoms with Gasteiger partial charge in [0.25, 0.3) is 0 Å². The van der Waals surface area contributed by atoms with Gasteiger partial charge in [-0.3, -0.25) is 4.79 Å². The average Bonchev–Trinajstić information content (AvgIpc) is 2.66. The Balaban J connectivity index is 1.78. The molecule has 0 aromatic heterocycles. The number of ether oxygens (including phenoxy) is 1. The van der Waals surface area contributed by atoms with Crippen LogP contribution in [0, 0.1) is 0 Å². The van der Waals surface area contributed by atoms with E-state index in [1.165, 1.54) is 0 Å². The van der Waals surface area contributed by atoms with Crippen molar-refractivity contribution >= 4 is 23.5 Å². The minimum absolute atomic E-state index is 0.122. The standard InChI is InChI=1S/C22H17ClO2/c23-19-12-13-20(21(24)14-11-17-7-3-1-4-8-17)22(15-19)25-16-18-9-5-2-6-10-18/h1-15H,16H2/b14-11+. The van der Waals surface area contributed by atoms with Gasteiger partial charge in [0.1, 0.15) is 12.4 Å². The fraction of sp³-hybridized carbons (Fsp3) is 0.0455. The lowest BCUT2D eigenvalue weighted by atomic mass is 10.1. The molecule has 0 aliphatic rings. The summed E-state index contributed by atoms with van der Waals surface area (Å²) >= 11 is 6.07. The highest BCUT2D eigenvalue weighted by Crippen LogP contribution is 2.25. The molecule has 3 rings (SSSR count). The summed E-state index contributed by atoms with van der Waals surface area (Å²) in [7, 11) is 0. The van der Waals surface area contributed by atoms with Crippen LogP contribution in [0.4, 0.5) is 0 Å². The SMILES string of the molecule is O=C(/C=C/c1ccccc1)c1ccc(Cl)cc1OCc1ccccc1. The van der Waals surface area contributed by atoms with Crippen molar-refractivity contribution in [2.45, 2.75) is 6.61 Å². The van der Waals surface area contributed by atoms with Crippen molar-refractivity contribution in [1.82, 2.24) is 0 Å². The maximum atomic E-state index is 12.6. The maximum Gasteiger partial charge on any atom is 0.189 e. The van der Waals surface area contributed by atoms with Crippen LogP contribution >= 0.6 is 11.6 Å². The molecule has 25 heavy (non-hydrogen) atoms. The van der Waals surface area contributed by atoms with Gasteiger partial charge in [-0.25, -0.2) is 0 Å². The van der Waals surface area contributed by atoms with E-state index in [-0.39, 0.29) is 5.78 Å². The van der Waals surface area contributed by atoms with E-state index in [0.717, 1.165) is 11.1 Å². The molecule has 2 nitrogen and oxygen atoms in total. The first-order valence-electron chi connectivity index (χ1n) is 7.96. The second-order valence-electron chi connectivity index (χ2n) is 5.52. The van der Waals surface area contributed by atoms with E-state index >= 15 is 0 Å². The highest BCUT2D eigenvalue weighted by Gasteiger charge is 2.11. The number of carbonyl (C=O) groups excluding carboxylic acids is 1. The summed E-state index contributed by atoms with van der Waals surface area (Å²) in [5, 5.41) is 0.534. The van der Waals surface area contributed by atoms with Crippen molar-refractivity contribution in [3.05, 3.63) is 107 Å². The predicted octanol–water partition coefficient (Wildman–Crippen LogP) is 5.82. The monoisotopic (exact) mass is 348 g/mol. The highest BCUT2D eigenvalue weighted by atomic mass is 35.5. The number of allylic oxidation sites excluding steroid dienone is 1. The molecule has 0 spiro atoms. The maximum absolute atomic E-state index is 12.6. The van der Waals surface area contributed by atoms with E-state index in [1.54, 1.807) is 30.4 Å². The Kier molecular flexibility index (Phi) is 5.65. The van der Waals surface area contributed by atoms with E-state index in [9.17, 15) is 4.79 Å². The number of hydrogen-bond acceptors (Lipinski definition) is 2. The zero-order valence-corrected chi connectivity index (χ0v) is 14.3. The van der Waals surface area contributed by atoms with Crippen LogP contribution < -0.4 is 4.74 Å². The second kappa shape index (κ2) is 8.32. The molecule has 3 heteroatoms. The van der Waals surface area contributed by atoms with Crippen LogP contribution in [0.15, 0.2) is 84.9 Å². The Morgan fingerprint density at radius 3 is 2.32 bits per heavy atom. The summed E-state index contributed by atoms with van der Waals surface area (Å²) in [6.45, 7) is 0.379. The van der Waals surface area contributed by atoms with E-state index in [2.05, 4.69) is 0 Å². The zero-order valence-electron chi connectivity index (χ0n) is 13.6. The molecule has 0 aliphatic carbocycles. The van der Waals surface area contributed by atoms with E-state index < -0.39 is 0 Å². The van der Waals surface area contributed by atoms with Gasteiger partial charge in [-0.05, 0) is 35.4 Å². The minimum atomic E-state index is -0.122. The minimum Gasteiger partial charge on any atom is -0.488 e. The van der Waals surface area contributed by atoms with Gasteiger partial charge in [0.2, 0.25) is 0 Å². The van der Waals surface area contributed by atoms with Crippen LogP contribution in [0.2, 0.25) is 5.02 Å². The third kappa shape index (κ3) is 4.82. The molecule has 0 aliphatic heterocycles. The summed E-state index contributed by atoms with van der Waals surface area (Å²) in [4.78, 5) is 12.6. The molecule has 0 amide bonds. The third-order valence-corrected chi connectivity index (χ3v) is 3.91. The van der Waals surface area contributed by atoms with Crippen LogP contribution in [-0.2, 0) is 6.61 Å². The van der Waals surface area contributed by atoms with Crippen LogP contribution in [0.1, 0.15) is 21.5 Å². The topological polar surface area (TPSA) is 26.3 Å². The van der Waals surface area contributed by atoms with Crippen LogP contribution in [0.3, 0.4) is 0 Å². The number of benzene rings is 3. The van der Waals surface area contributed by atoms with Gasteiger partial charge in [-0.1, -0.05) is 78.3 Å². The van der Waals surface area contributed by atoms with Gasteiger partial charge >= 0.3 is 0 Å². The lowest BCUT2D eigenvalue weighted by Gasteiger charge is -2.10. The van der Waals surface area contributed by atoms with Crippen LogP contribution in [0.25, 0.3) is 6.08 Å². The summed E-state index contributed by atoms with van der Waals surface area (Å²) in [5.74, 6) is 0.364. The van der Waals surface area contributed by atoms with Crippen LogP contribution in [-0.4, -0.2) is 5.78 Å². The molecule has 0 bridgehead atoms. The normalized spacial score (nSPS) is 10.8. The van der Waals surface area contributed by atoms with Crippen molar-refractivity contribution in [1.29, 1.82) is 0 Å². The van der Waals surface area contributed by atoms with Crippen molar-refractivity contribution < 1.29 is 9.53 Å². The molecule has 0 saturated heterocycles. The number of halogens is 1. The largest absolute Gasteiger partial charge is 0.488 e. The van der Waals surface area contributed by atoms with Gasteiger partial charge in [0.15, 0.2) is 5.78 Å². The summed E-state index contributed by atoms with van der Waals surface area (Å²) < 4.78 is 5.84. The lowest BCUT2D eigenvalue weighted by Crippen LogP contribution is -2.02. The Morgan fingerprint density at radius 2 is 1.60 bits per heavy atom. The van der Waals surface area contributed by atoms with E-state index in [0.29, 0.717) is 22.9 Å². The van der Waals surface area contributed by atoms with Gasteiger partial charge in [0, 0.05) is 5.02 Å². The first-order valence-corrected chi connectivity index (χ1v) is 8.34. The molecule has 0 atom stereocenters. The number of rotatable bonds is 6. The molecule has 0 unspecified atom stereocenters. The molecule has 0 saturated carbocycles. The molecule has 0 radical (unpaired) electrons. The molecule has 0 fully saturated rings. The molecule has 0 heterocycles. The third-order valence-electron chi connectivity index (χ3n) is 3.67. The van der Waals surface area contributed by atoms with E-state index in [1.807, 2.05) is 60.7 Å². The van der Waals surface area contributed by atoms with Crippen molar-refractivity contribution in [2.75, 3.05) is 0 Å². The quantitative estimate of drug-likeness (QED) is 0.414. The van der Waals surface area contributed by atoms with Gasteiger partial charge in [0.05, 0.1) is 5.56 Å². The summed E-state index contributed by atoms with van der Waals surface area (Å²) in [5.41, 5.74) is 2.49. The van der Waals surface area contributed by atoms with Gasteiger partial charge < -0.3 is 4.74 Å². The molecule has 0 N–H and O–H groups in total. The molecular weight excluding hydrogens is 332 g/mol. The highest BCUT2D eigenvalue weighted by molar-refractivity contribution is 6.31. The fourth-order valence-electron chi connectivity index (χ4n) is 2.38. The fourth-order valence-corrected chi connectivity index (χ4v) is 2.54. The molecular formula is C22H17ClO2. The Bertz CT molecular complexity index is 871. The molecule has 3 aromatic rings. The summed E-state index contributed by atoms with van der Waals surface area (Å²) in [6.07, 6.45) is 3.34. The smallest absolute Gasteiger partial charge is 0.189 e. The number of carbonyl (C=O) groups is 1. The van der Waals surface area contributed by atoms with Gasteiger partial charge in [-0.2, -0.15) is 0 Å². The summed E-state index contributed by atoms with van der Waals surface area (Å²) in [6, 6.07) is 24.5. The van der Waals surface area contributed by atoms with Crippen molar-refractivity contribution in [3.63, 3.8) is 0 Å². The lowest BCUT2D eigenvalue weighted by molar-refractivity contribution is 0.104. The first-order chi connectivity index (χ1) is 12.2. The van der Waals surface area contributed by atoms with E-state index in [4.69, 9.17) is 16.3 Å². The zero-order chi connectivity index (χ0) is 17.5. The molecule has 124 valence electrons. The predicted molar refractivity (Wildman–Crippen MR) is 102 cm³/mol. The Hall–Kier alpha value is -2.84. The first kappa shape index (κ1) is 17.0. The van der Waals surface area contributed by atoms with Crippen LogP contribution in [0.5, 0.6) is 5.75 Å². The second-order valence-corrected chi connectivity index (χ2v) is 5.96. The van der Waals surface area contributed by atoms with Crippen molar-refractivity contribution in [3.8, 4) is 5.75 Å². The average molecular weight is 349 g/mol.